The largest absolute Gasteiger partial charge is 0.490 e. The van der Waals surface area contributed by atoms with Gasteiger partial charge < -0.3 is 20.3 Å². The van der Waals surface area contributed by atoms with Gasteiger partial charge in [-0.05, 0) is 23.8 Å². The number of nitrogen functional groups attached to an aromatic ring is 1. The Morgan fingerprint density at radius 2 is 1.75 bits per heavy atom. The molecule has 0 aromatic heterocycles. The fraction of sp³-hybridized carbons (Fsp3) is 0.250. The van der Waals surface area contributed by atoms with Gasteiger partial charge >= 0.3 is 0 Å². The Balaban J connectivity index is 1.94. The minimum absolute atomic E-state index is 0.576. The molecule has 104 valence electrons. The number of anilines is 1. The summed E-state index contributed by atoms with van der Waals surface area (Å²) in [6, 6.07) is 12.8. The molecular formula is C16H17NO3. The summed E-state index contributed by atoms with van der Waals surface area (Å²) in [7, 11) is 0. The van der Waals surface area contributed by atoms with Crippen molar-refractivity contribution >= 4 is 5.69 Å². The van der Waals surface area contributed by atoms with Gasteiger partial charge in [-0.2, -0.15) is 0 Å². The third kappa shape index (κ3) is 2.42. The van der Waals surface area contributed by atoms with E-state index in [2.05, 4.69) is 0 Å². The predicted molar refractivity (Wildman–Crippen MR) is 77.0 cm³/mol. The molecule has 3 N–H and O–H groups in total. The molecule has 0 aliphatic carbocycles. The summed E-state index contributed by atoms with van der Waals surface area (Å²) in [5.74, 6) is 1.40. The number of hydrogen-bond acceptors (Lipinski definition) is 4. The molecule has 0 saturated carbocycles. The molecule has 0 spiro atoms. The van der Waals surface area contributed by atoms with E-state index in [0.717, 1.165) is 17.7 Å². The van der Waals surface area contributed by atoms with Gasteiger partial charge in [-0.3, -0.25) is 0 Å². The highest BCUT2D eigenvalue weighted by Gasteiger charge is 2.17. The number of benzene rings is 2. The van der Waals surface area contributed by atoms with Crippen LogP contribution in [0, 0.1) is 0 Å². The SMILES string of the molecule is Nc1ccccc1C(O)c1ccc2c(c1)OCCCO2. The Morgan fingerprint density at radius 3 is 2.55 bits per heavy atom. The van der Waals surface area contributed by atoms with Crippen LogP contribution >= 0.6 is 0 Å². The second-order valence-corrected chi connectivity index (χ2v) is 4.79. The van der Waals surface area contributed by atoms with E-state index >= 15 is 0 Å². The molecule has 1 aliphatic heterocycles. The molecular weight excluding hydrogens is 254 g/mol. The summed E-state index contributed by atoms with van der Waals surface area (Å²) in [6.45, 7) is 1.28. The lowest BCUT2D eigenvalue weighted by Gasteiger charge is -2.16. The Bertz CT molecular complexity index is 612. The van der Waals surface area contributed by atoms with Gasteiger partial charge in [-0.1, -0.05) is 24.3 Å². The molecule has 3 rings (SSSR count). The molecule has 0 radical (unpaired) electrons. The van der Waals surface area contributed by atoms with Crippen molar-refractivity contribution in [3.05, 3.63) is 53.6 Å². The molecule has 2 aromatic carbocycles. The van der Waals surface area contributed by atoms with Crippen LogP contribution in [0.25, 0.3) is 0 Å². The lowest BCUT2D eigenvalue weighted by atomic mass is 10.00. The zero-order chi connectivity index (χ0) is 13.9. The molecule has 1 unspecified atom stereocenters. The lowest BCUT2D eigenvalue weighted by Crippen LogP contribution is -2.04. The number of rotatable bonds is 2. The van der Waals surface area contributed by atoms with Crippen LogP contribution in [-0.4, -0.2) is 18.3 Å². The molecule has 20 heavy (non-hydrogen) atoms. The topological polar surface area (TPSA) is 64.7 Å². The summed E-state index contributed by atoms with van der Waals surface area (Å²) in [6.07, 6.45) is 0.0893. The average Bonchev–Trinajstić information content (AvgIpc) is 2.71. The number of hydrogen-bond donors (Lipinski definition) is 2. The Kier molecular flexibility index (Phi) is 3.48. The maximum Gasteiger partial charge on any atom is 0.161 e. The highest BCUT2D eigenvalue weighted by atomic mass is 16.5. The van der Waals surface area contributed by atoms with Gasteiger partial charge in [-0.15, -0.1) is 0 Å². The number of ether oxygens (including phenoxy) is 2. The third-order valence-corrected chi connectivity index (χ3v) is 3.38. The lowest BCUT2D eigenvalue weighted by molar-refractivity contribution is 0.220. The fourth-order valence-electron chi connectivity index (χ4n) is 2.29. The van der Waals surface area contributed by atoms with Crippen LogP contribution in [0.1, 0.15) is 23.7 Å². The van der Waals surface area contributed by atoms with Gasteiger partial charge in [0.25, 0.3) is 0 Å². The van der Waals surface area contributed by atoms with Crippen molar-refractivity contribution in [1.82, 2.24) is 0 Å². The molecule has 0 fully saturated rings. The third-order valence-electron chi connectivity index (χ3n) is 3.38. The number of para-hydroxylation sites is 1. The minimum Gasteiger partial charge on any atom is -0.490 e. The Labute approximate surface area is 117 Å². The number of aliphatic hydroxyl groups is 1. The van der Waals surface area contributed by atoms with E-state index in [1.165, 1.54) is 0 Å². The van der Waals surface area contributed by atoms with Crippen LogP contribution in [0.15, 0.2) is 42.5 Å². The van der Waals surface area contributed by atoms with E-state index in [1.807, 2.05) is 36.4 Å². The summed E-state index contributed by atoms with van der Waals surface area (Å²) < 4.78 is 11.2. The first-order valence-corrected chi connectivity index (χ1v) is 6.68. The summed E-state index contributed by atoms with van der Waals surface area (Å²) >= 11 is 0. The van der Waals surface area contributed by atoms with Gasteiger partial charge in [0.15, 0.2) is 11.5 Å². The van der Waals surface area contributed by atoms with Crippen molar-refractivity contribution in [2.24, 2.45) is 0 Å². The van der Waals surface area contributed by atoms with E-state index in [9.17, 15) is 5.11 Å². The quantitative estimate of drug-likeness (QED) is 0.824. The van der Waals surface area contributed by atoms with Gasteiger partial charge in [0.05, 0.1) is 13.2 Å². The number of fused-ring (bicyclic) bond motifs is 1. The van der Waals surface area contributed by atoms with Crippen molar-refractivity contribution in [3.63, 3.8) is 0 Å². The first-order chi connectivity index (χ1) is 9.75. The van der Waals surface area contributed by atoms with Crippen LogP contribution in [0.2, 0.25) is 0 Å². The van der Waals surface area contributed by atoms with Gasteiger partial charge in [0, 0.05) is 17.7 Å². The minimum atomic E-state index is -0.770. The molecule has 1 aliphatic rings. The molecule has 0 amide bonds. The van der Waals surface area contributed by atoms with E-state index < -0.39 is 6.10 Å². The van der Waals surface area contributed by atoms with Crippen LogP contribution in [0.3, 0.4) is 0 Å². The molecule has 0 bridgehead atoms. The van der Waals surface area contributed by atoms with Gasteiger partial charge in [0.1, 0.15) is 6.10 Å². The highest BCUT2D eigenvalue weighted by molar-refractivity contribution is 5.52. The summed E-state index contributed by atoms with van der Waals surface area (Å²) in [4.78, 5) is 0. The second-order valence-electron chi connectivity index (χ2n) is 4.79. The molecule has 0 saturated heterocycles. The van der Waals surface area contributed by atoms with Crippen LogP contribution in [0.5, 0.6) is 11.5 Å². The van der Waals surface area contributed by atoms with Crippen LogP contribution in [0.4, 0.5) is 5.69 Å². The molecule has 2 aromatic rings. The van der Waals surface area contributed by atoms with Crippen molar-refractivity contribution < 1.29 is 14.6 Å². The molecule has 4 heteroatoms. The normalized spacial score (nSPS) is 15.4. The standard InChI is InChI=1S/C16H17NO3/c17-13-5-2-1-4-12(13)16(18)11-6-7-14-15(10-11)20-9-3-8-19-14/h1-2,4-7,10,16,18H,3,8-9,17H2. The summed E-state index contributed by atoms with van der Waals surface area (Å²) in [5.41, 5.74) is 7.92. The smallest absolute Gasteiger partial charge is 0.161 e. The van der Waals surface area contributed by atoms with E-state index in [1.54, 1.807) is 6.07 Å². The van der Waals surface area contributed by atoms with E-state index in [-0.39, 0.29) is 0 Å². The first-order valence-electron chi connectivity index (χ1n) is 6.68. The maximum atomic E-state index is 10.5. The van der Waals surface area contributed by atoms with Crippen molar-refractivity contribution in [3.8, 4) is 11.5 Å². The molecule has 4 nitrogen and oxygen atoms in total. The van der Waals surface area contributed by atoms with Gasteiger partial charge in [0.2, 0.25) is 0 Å². The second kappa shape index (κ2) is 5.43. The monoisotopic (exact) mass is 271 g/mol. The summed E-state index contributed by atoms with van der Waals surface area (Å²) in [5, 5.41) is 10.5. The predicted octanol–water partition coefficient (Wildman–Crippen LogP) is 2.51. The van der Waals surface area contributed by atoms with Crippen molar-refractivity contribution in [2.75, 3.05) is 18.9 Å². The zero-order valence-electron chi connectivity index (χ0n) is 11.1. The van der Waals surface area contributed by atoms with Crippen LogP contribution in [-0.2, 0) is 0 Å². The van der Waals surface area contributed by atoms with E-state index in [4.69, 9.17) is 15.2 Å². The molecule has 1 atom stereocenters. The van der Waals surface area contributed by atoms with Gasteiger partial charge in [-0.25, -0.2) is 0 Å². The van der Waals surface area contributed by atoms with Crippen molar-refractivity contribution in [1.29, 1.82) is 0 Å². The zero-order valence-corrected chi connectivity index (χ0v) is 11.1. The fourth-order valence-corrected chi connectivity index (χ4v) is 2.29. The Hall–Kier alpha value is -2.20. The highest BCUT2D eigenvalue weighted by Crippen LogP contribution is 2.35. The van der Waals surface area contributed by atoms with E-state index in [0.29, 0.717) is 30.2 Å². The van der Waals surface area contributed by atoms with Crippen LogP contribution < -0.4 is 15.2 Å². The average molecular weight is 271 g/mol. The number of aliphatic hydroxyl groups excluding tert-OH is 1. The number of nitrogens with two attached hydrogens (primary N) is 1. The molecule has 1 heterocycles. The first kappa shape index (κ1) is 12.8. The van der Waals surface area contributed by atoms with Crippen molar-refractivity contribution in [2.45, 2.75) is 12.5 Å². The Morgan fingerprint density at radius 1 is 1.00 bits per heavy atom. The maximum absolute atomic E-state index is 10.5.